The van der Waals surface area contributed by atoms with Crippen molar-refractivity contribution in [1.82, 2.24) is 19.8 Å². The van der Waals surface area contributed by atoms with E-state index in [1.807, 2.05) is 12.1 Å². The van der Waals surface area contributed by atoms with Crippen molar-refractivity contribution in [2.75, 3.05) is 5.32 Å². The van der Waals surface area contributed by atoms with Crippen molar-refractivity contribution in [1.29, 1.82) is 0 Å². The normalized spacial score (nSPS) is 11.8. The van der Waals surface area contributed by atoms with Crippen LogP contribution in [0.5, 0.6) is 0 Å². The summed E-state index contributed by atoms with van der Waals surface area (Å²) in [5.74, 6) is 1.30. The number of aromatic nitrogens is 4. The van der Waals surface area contributed by atoms with Crippen molar-refractivity contribution in [3.8, 4) is 0 Å². The molecule has 0 atom stereocenters. The summed E-state index contributed by atoms with van der Waals surface area (Å²) in [4.78, 5) is 0. The number of rotatable bonds is 3. The first kappa shape index (κ1) is 14.4. The first-order valence-electron chi connectivity index (χ1n) is 7.15. The van der Waals surface area contributed by atoms with Crippen molar-refractivity contribution in [2.45, 2.75) is 32.7 Å². The molecule has 5 nitrogen and oxygen atoms in total. The molecule has 114 valence electrons. The maximum absolute atomic E-state index is 12.9. The Labute approximate surface area is 128 Å². The third kappa shape index (κ3) is 2.90. The molecule has 0 aliphatic heterocycles. The van der Waals surface area contributed by atoms with Gasteiger partial charge in [0.1, 0.15) is 11.6 Å². The SMILES string of the molecule is CC(C)(C)c1nnc2ccc(NCc3ccc(F)cc3)nn12. The highest BCUT2D eigenvalue weighted by molar-refractivity contribution is 5.44. The largest absolute Gasteiger partial charge is 0.365 e. The van der Waals surface area contributed by atoms with Crippen LogP contribution in [-0.4, -0.2) is 19.8 Å². The van der Waals surface area contributed by atoms with Crippen LogP contribution in [0.1, 0.15) is 32.2 Å². The van der Waals surface area contributed by atoms with E-state index >= 15 is 0 Å². The zero-order chi connectivity index (χ0) is 15.7. The van der Waals surface area contributed by atoms with Gasteiger partial charge in [-0.25, -0.2) is 4.39 Å². The molecule has 0 radical (unpaired) electrons. The fourth-order valence-corrected chi connectivity index (χ4v) is 2.15. The van der Waals surface area contributed by atoms with Crippen LogP contribution < -0.4 is 5.32 Å². The Morgan fingerprint density at radius 2 is 1.77 bits per heavy atom. The summed E-state index contributed by atoms with van der Waals surface area (Å²) in [7, 11) is 0. The van der Waals surface area contributed by atoms with Crippen molar-refractivity contribution in [3.63, 3.8) is 0 Å². The summed E-state index contributed by atoms with van der Waals surface area (Å²) in [6, 6.07) is 10.1. The molecule has 0 aliphatic rings. The fourth-order valence-electron chi connectivity index (χ4n) is 2.15. The molecule has 0 amide bonds. The minimum atomic E-state index is -0.234. The van der Waals surface area contributed by atoms with Gasteiger partial charge in [0.25, 0.3) is 0 Å². The zero-order valence-electron chi connectivity index (χ0n) is 12.8. The predicted molar refractivity (Wildman–Crippen MR) is 83.2 cm³/mol. The van der Waals surface area contributed by atoms with Gasteiger partial charge in [-0.3, -0.25) is 0 Å². The second-order valence-corrected chi connectivity index (χ2v) is 6.24. The van der Waals surface area contributed by atoms with E-state index in [-0.39, 0.29) is 11.2 Å². The van der Waals surface area contributed by atoms with Crippen LogP contribution in [0.4, 0.5) is 10.2 Å². The molecule has 0 bridgehead atoms. The van der Waals surface area contributed by atoms with Crippen LogP contribution in [0.2, 0.25) is 0 Å². The Hall–Kier alpha value is -2.50. The lowest BCUT2D eigenvalue weighted by Crippen LogP contribution is -2.17. The van der Waals surface area contributed by atoms with Crippen molar-refractivity contribution in [3.05, 3.63) is 53.6 Å². The van der Waals surface area contributed by atoms with Crippen LogP contribution in [0.15, 0.2) is 36.4 Å². The van der Waals surface area contributed by atoms with Gasteiger partial charge in [0.2, 0.25) is 0 Å². The van der Waals surface area contributed by atoms with Crippen molar-refractivity contribution >= 4 is 11.5 Å². The zero-order valence-corrected chi connectivity index (χ0v) is 12.8. The second kappa shape index (κ2) is 5.36. The average molecular weight is 299 g/mol. The van der Waals surface area contributed by atoms with Crippen LogP contribution in [0, 0.1) is 5.82 Å². The lowest BCUT2D eigenvalue weighted by Gasteiger charge is -2.15. The number of benzene rings is 1. The van der Waals surface area contributed by atoms with Gasteiger partial charge >= 0.3 is 0 Å². The van der Waals surface area contributed by atoms with E-state index in [0.29, 0.717) is 6.54 Å². The van der Waals surface area contributed by atoms with Gasteiger partial charge in [-0.2, -0.15) is 4.52 Å². The molecule has 3 rings (SSSR count). The minimum absolute atomic E-state index is 0.137. The average Bonchev–Trinajstić information content (AvgIpc) is 2.90. The highest BCUT2D eigenvalue weighted by atomic mass is 19.1. The smallest absolute Gasteiger partial charge is 0.178 e. The highest BCUT2D eigenvalue weighted by Gasteiger charge is 2.21. The molecule has 3 aromatic rings. The number of nitrogens with zero attached hydrogens (tertiary/aromatic N) is 4. The van der Waals surface area contributed by atoms with Gasteiger partial charge < -0.3 is 5.32 Å². The molecule has 0 aliphatic carbocycles. The molecule has 0 spiro atoms. The van der Waals surface area contributed by atoms with E-state index < -0.39 is 0 Å². The van der Waals surface area contributed by atoms with Crippen molar-refractivity contribution < 1.29 is 4.39 Å². The van der Waals surface area contributed by atoms with E-state index in [0.717, 1.165) is 22.9 Å². The number of nitrogens with one attached hydrogen (secondary N) is 1. The van der Waals surface area contributed by atoms with Gasteiger partial charge in [0, 0.05) is 12.0 Å². The fraction of sp³-hybridized carbons (Fsp3) is 0.312. The lowest BCUT2D eigenvalue weighted by molar-refractivity contribution is 0.527. The number of anilines is 1. The molecule has 1 aromatic carbocycles. The van der Waals surface area contributed by atoms with E-state index in [1.54, 1.807) is 16.6 Å². The Morgan fingerprint density at radius 1 is 1.05 bits per heavy atom. The molecule has 0 saturated carbocycles. The Kier molecular flexibility index (Phi) is 3.52. The van der Waals surface area contributed by atoms with E-state index in [2.05, 4.69) is 41.4 Å². The third-order valence-electron chi connectivity index (χ3n) is 3.32. The third-order valence-corrected chi connectivity index (χ3v) is 3.32. The quantitative estimate of drug-likeness (QED) is 0.807. The van der Waals surface area contributed by atoms with Gasteiger partial charge in [-0.15, -0.1) is 15.3 Å². The number of halogens is 1. The molecular formula is C16H18FN5. The number of hydrogen-bond acceptors (Lipinski definition) is 4. The molecule has 22 heavy (non-hydrogen) atoms. The predicted octanol–water partition coefficient (Wildman–Crippen LogP) is 3.17. The molecular weight excluding hydrogens is 281 g/mol. The van der Waals surface area contributed by atoms with Crippen LogP contribution in [0.3, 0.4) is 0 Å². The Bertz CT molecular complexity index is 786. The van der Waals surface area contributed by atoms with Gasteiger partial charge in [0.15, 0.2) is 11.5 Å². The highest BCUT2D eigenvalue weighted by Crippen LogP contribution is 2.20. The van der Waals surface area contributed by atoms with Gasteiger partial charge in [-0.1, -0.05) is 32.9 Å². The summed E-state index contributed by atoms with van der Waals surface area (Å²) >= 11 is 0. The maximum atomic E-state index is 12.9. The molecule has 0 unspecified atom stereocenters. The number of hydrogen-bond donors (Lipinski definition) is 1. The summed E-state index contributed by atoms with van der Waals surface area (Å²) in [5, 5.41) is 16.1. The Balaban J connectivity index is 1.83. The summed E-state index contributed by atoms with van der Waals surface area (Å²) in [5.41, 5.74) is 1.57. The second-order valence-electron chi connectivity index (χ2n) is 6.24. The minimum Gasteiger partial charge on any atom is -0.365 e. The molecule has 0 saturated heterocycles. The standard InChI is InChI=1S/C16H18FN5/c1-16(2,3)15-20-19-14-9-8-13(21-22(14)15)18-10-11-4-6-12(17)7-5-11/h4-9H,10H2,1-3H3,(H,18,21). The van der Waals surface area contributed by atoms with E-state index in [1.165, 1.54) is 12.1 Å². The molecule has 0 fully saturated rings. The topological polar surface area (TPSA) is 55.1 Å². The first-order chi connectivity index (χ1) is 10.4. The Morgan fingerprint density at radius 3 is 2.45 bits per heavy atom. The van der Waals surface area contributed by atoms with E-state index in [9.17, 15) is 4.39 Å². The lowest BCUT2D eigenvalue weighted by atomic mass is 9.96. The summed E-state index contributed by atoms with van der Waals surface area (Å²) < 4.78 is 14.7. The van der Waals surface area contributed by atoms with E-state index in [4.69, 9.17) is 0 Å². The van der Waals surface area contributed by atoms with Gasteiger partial charge in [0.05, 0.1) is 0 Å². The molecule has 2 aromatic heterocycles. The monoisotopic (exact) mass is 299 g/mol. The van der Waals surface area contributed by atoms with Crippen LogP contribution in [0.25, 0.3) is 5.65 Å². The molecule has 6 heteroatoms. The number of fused-ring (bicyclic) bond motifs is 1. The summed E-state index contributed by atoms with van der Waals surface area (Å²) in [6.07, 6.45) is 0. The molecule has 1 N–H and O–H groups in total. The molecule has 2 heterocycles. The van der Waals surface area contributed by atoms with Gasteiger partial charge in [-0.05, 0) is 29.8 Å². The summed E-state index contributed by atoms with van der Waals surface area (Å²) in [6.45, 7) is 6.79. The van der Waals surface area contributed by atoms with Crippen LogP contribution >= 0.6 is 0 Å². The maximum Gasteiger partial charge on any atom is 0.178 e. The first-order valence-corrected chi connectivity index (χ1v) is 7.15. The van der Waals surface area contributed by atoms with Crippen molar-refractivity contribution in [2.24, 2.45) is 0 Å². The van der Waals surface area contributed by atoms with Crippen LogP contribution in [-0.2, 0) is 12.0 Å².